The first-order valence-electron chi connectivity index (χ1n) is 7.48. The van der Waals surface area contributed by atoms with Crippen LogP contribution in [0.5, 0.6) is 0 Å². The smallest absolute Gasteiger partial charge is 0.252 e. The van der Waals surface area contributed by atoms with Crippen LogP contribution in [0.4, 0.5) is 0 Å². The number of amides is 1. The highest BCUT2D eigenvalue weighted by Crippen LogP contribution is 2.38. The third-order valence-corrected chi connectivity index (χ3v) is 7.49. The summed E-state index contributed by atoms with van der Waals surface area (Å²) in [5, 5.41) is 1.16. The summed E-state index contributed by atoms with van der Waals surface area (Å²) in [5.74, 6) is 0.000205. The zero-order valence-corrected chi connectivity index (χ0v) is 15.3. The molecule has 0 bridgehead atoms. The van der Waals surface area contributed by atoms with Gasteiger partial charge in [0.05, 0.1) is 24.0 Å². The van der Waals surface area contributed by atoms with Crippen LogP contribution in [-0.2, 0) is 21.1 Å². The number of nitrogens with zero attached hydrogens (tertiary/aromatic N) is 2. The average molecular weight is 385 g/mol. The predicted molar refractivity (Wildman–Crippen MR) is 98.3 cm³/mol. The van der Waals surface area contributed by atoms with E-state index in [2.05, 4.69) is 11.6 Å². The number of benzene rings is 1. The zero-order valence-electron chi connectivity index (χ0n) is 12.9. The molecule has 0 aromatic heterocycles. The normalized spacial score (nSPS) is 26.5. The van der Waals surface area contributed by atoms with E-state index in [9.17, 15) is 13.2 Å². The third kappa shape index (κ3) is 3.84. The lowest BCUT2D eigenvalue weighted by molar-refractivity contribution is -0.117. The van der Waals surface area contributed by atoms with Crippen LogP contribution < -0.4 is 0 Å². The van der Waals surface area contributed by atoms with E-state index in [1.165, 1.54) is 11.8 Å². The lowest BCUT2D eigenvalue weighted by atomic mass is 10.1. The van der Waals surface area contributed by atoms with Crippen LogP contribution in [-0.4, -0.2) is 53.7 Å². The molecule has 0 spiro atoms. The molecule has 2 aliphatic heterocycles. The van der Waals surface area contributed by atoms with Gasteiger partial charge in [-0.2, -0.15) is 4.99 Å². The van der Waals surface area contributed by atoms with Gasteiger partial charge in [0.1, 0.15) is 0 Å². The minimum absolute atomic E-state index is 0.0583. The Kier molecular flexibility index (Phi) is 5.03. The molecule has 2 saturated heterocycles. The molecule has 2 aliphatic rings. The highest BCUT2D eigenvalue weighted by molar-refractivity contribution is 8.15. The van der Waals surface area contributed by atoms with Crippen molar-refractivity contribution in [2.24, 2.45) is 4.99 Å². The maximum Gasteiger partial charge on any atom is 0.252 e. The second-order valence-corrected chi connectivity index (χ2v) is 9.63. The van der Waals surface area contributed by atoms with Crippen molar-refractivity contribution in [1.82, 2.24) is 4.90 Å². The Bertz CT molecular complexity index is 790. The number of hydrogen-bond acceptors (Lipinski definition) is 4. The molecule has 3 rings (SSSR count). The van der Waals surface area contributed by atoms with Gasteiger partial charge in [0.2, 0.25) is 0 Å². The SMILES string of the molecule is C=CCN1C(=NC(=O)Cc2ccc(Cl)cc2)S[C@H]2CS(=O)(=O)C[C@@H]21. The van der Waals surface area contributed by atoms with E-state index in [-0.39, 0.29) is 35.1 Å². The number of carbonyl (C=O) groups excluding carboxylic acids is 1. The molecular weight excluding hydrogens is 368 g/mol. The number of rotatable bonds is 4. The first kappa shape index (κ1) is 17.5. The van der Waals surface area contributed by atoms with Crippen LogP contribution in [0, 0.1) is 0 Å². The van der Waals surface area contributed by atoms with Gasteiger partial charge in [0.15, 0.2) is 15.0 Å². The minimum Gasteiger partial charge on any atom is -0.342 e. The number of halogens is 1. The number of amidine groups is 1. The molecular formula is C16H17ClN2O3S2. The third-order valence-electron chi connectivity index (χ3n) is 3.99. The molecule has 2 heterocycles. The Hall–Kier alpha value is -1.31. The van der Waals surface area contributed by atoms with Crippen LogP contribution in [0.3, 0.4) is 0 Å². The van der Waals surface area contributed by atoms with Gasteiger partial charge in [-0.3, -0.25) is 4.79 Å². The van der Waals surface area contributed by atoms with E-state index in [0.717, 1.165) is 5.56 Å². The van der Waals surface area contributed by atoms with Crippen LogP contribution in [0.25, 0.3) is 0 Å². The van der Waals surface area contributed by atoms with Crippen molar-refractivity contribution in [1.29, 1.82) is 0 Å². The zero-order chi connectivity index (χ0) is 17.3. The van der Waals surface area contributed by atoms with Crippen LogP contribution in [0.15, 0.2) is 41.9 Å². The van der Waals surface area contributed by atoms with Gasteiger partial charge in [0.25, 0.3) is 5.91 Å². The number of carbonyl (C=O) groups is 1. The predicted octanol–water partition coefficient (Wildman–Crippen LogP) is 2.17. The molecule has 0 N–H and O–H groups in total. The van der Waals surface area contributed by atoms with E-state index < -0.39 is 9.84 Å². The lowest BCUT2D eigenvalue weighted by Gasteiger charge is -2.22. The van der Waals surface area contributed by atoms with Gasteiger partial charge in [-0.05, 0) is 17.7 Å². The lowest BCUT2D eigenvalue weighted by Crippen LogP contribution is -2.37. The first-order chi connectivity index (χ1) is 11.4. The van der Waals surface area contributed by atoms with Gasteiger partial charge in [-0.1, -0.05) is 41.6 Å². The molecule has 1 aromatic rings. The minimum atomic E-state index is -3.01. The fourth-order valence-corrected chi connectivity index (χ4v) is 7.02. The Morgan fingerprint density at radius 2 is 2.08 bits per heavy atom. The number of fused-ring (bicyclic) bond motifs is 1. The Labute approximate surface area is 150 Å². The fourth-order valence-electron chi connectivity index (χ4n) is 2.91. The molecule has 24 heavy (non-hydrogen) atoms. The summed E-state index contributed by atoms with van der Waals surface area (Å²) in [6.45, 7) is 4.19. The van der Waals surface area contributed by atoms with Gasteiger partial charge < -0.3 is 4.90 Å². The van der Waals surface area contributed by atoms with Crippen molar-refractivity contribution in [3.63, 3.8) is 0 Å². The van der Waals surface area contributed by atoms with Gasteiger partial charge in [-0.25, -0.2) is 8.42 Å². The number of aliphatic imine (C=N–C) groups is 1. The monoisotopic (exact) mass is 384 g/mol. The van der Waals surface area contributed by atoms with Gasteiger partial charge in [0, 0.05) is 16.8 Å². The standard InChI is InChI=1S/C16H17ClN2O3S2/c1-2-7-19-13-9-24(21,22)10-14(13)23-16(19)18-15(20)8-11-3-5-12(17)6-4-11/h2-6,13-14H,1,7-10H2/t13-,14-/m0/s1. The highest BCUT2D eigenvalue weighted by atomic mass is 35.5. The van der Waals surface area contributed by atoms with Crippen LogP contribution >= 0.6 is 23.4 Å². The quantitative estimate of drug-likeness (QED) is 0.744. The van der Waals surface area contributed by atoms with Crippen molar-refractivity contribution in [3.8, 4) is 0 Å². The van der Waals surface area contributed by atoms with E-state index in [4.69, 9.17) is 11.6 Å². The molecule has 8 heteroatoms. The summed E-state index contributed by atoms with van der Waals surface area (Å²) >= 11 is 7.22. The van der Waals surface area contributed by atoms with Crippen LogP contribution in [0.2, 0.25) is 5.02 Å². The Morgan fingerprint density at radius 3 is 2.75 bits per heavy atom. The summed E-state index contributed by atoms with van der Waals surface area (Å²) in [5.41, 5.74) is 0.842. The summed E-state index contributed by atoms with van der Waals surface area (Å²) in [4.78, 5) is 18.3. The average Bonchev–Trinajstić information content (AvgIpc) is 2.95. The second-order valence-electron chi connectivity index (χ2n) is 5.83. The molecule has 5 nitrogen and oxygen atoms in total. The molecule has 0 unspecified atom stereocenters. The van der Waals surface area contributed by atoms with E-state index >= 15 is 0 Å². The van der Waals surface area contributed by atoms with Crippen LogP contribution in [0.1, 0.15) is 5.56 Å². The molecule has 1 aromatic carbocycles. The van der Waals surface area contributed by atoms with Gasteiger partial charge >= 0.3 is 0 Å². The topological polar surface area (TPSA) is 66.8 Å². The van der Waals surface area contributed by atoms with Crippen molar-refractivity contribution >= 4 is 44.3 Å². The summed E-state index contributed by atoms with van der Waals surface area (Å²) < 4.78 is 23.6. The molecule has 0 radical (unpaired) electrons. The largest absolute Gasteiger partial charge is 0.342 e. The van der Waals surface area contributed by atoms with E-state index in [1.54, 1.807) is 30.3 Å². The molecule has 0 saturated carbocycles. The molecule has 1 amide bonds. The Balaban J connectivity index is 1.75. The maximum atomic E-state index is 12.2. The molecule has 0 aliphatic carbocycles. The molecule has 128 valence electrons. The summed E-state index contributed by atoms with van der Waals surface area (Å²) in [7, 11) is -3.01. The number of thioether (sulfide) groups is 1. The second kappa shape index (κ2) is 6.90. The van der Waals surface area contributed by atoms with Crippen molar-refractivity contribution in [2.45, 2.75) is 17.7 Å². The number of hydrogen-bond donors (Lipinski definition) is 0. The van der Waals surface area contributed by atoms with Gasteiger partial charge in [-0.15, -0.1) is 6.58 Å². The van der Waals surface area contributed by atoms with E-state index in [1.807, 2.05) is 4.90 Å². The number of sulfone groups is 1. The van der Waals surface area contributed by atoms with E-state index in [0.29, 0.717) is 16.7 Å². The molecule has 2 fully saturated rings. The summed E-state index contributed by atoms with van der Waals surface area (Å²) in [6, 6.07) is 6.94. The fraction of sp³-hybridized carbons (Fsp3) is 0.375. The van der Waals surface area contributed by atoms with Crippen molar-refractivity contribution in [3.05, 3.63) is 47.5 Å². The highest BCUT2D eigenvalue weighted by Gasteiger charge is 2.48. The first-order valence-corrected chi connectivity index (χ1v) is 10.6. The maximum absolute atomic E-state index is 12.2. The summed E-state index contributed by atoms with van der Waals surface area (Å²) in [6.07, 6.45) is 1.89. The van der Waals surface area contributed by atoms with Crippen molar-refractivity contribution < 1.29 is 13.2 Å². The van der Waals surface area contributed by atoms with Crippen molar-refractivity contribution in [2.75, 3.05) is 18.1 Å². The molecule has 2 atom stereocenters. The Morgan fingerprint density at radius 1 is 1.38 bits per heavy atom.